The highest BCUT2D eigenvalue weighted by Crippen LogP contribution is 2.39. The Hall–Kier alpha value is -2.30. The smallest absolute Gasteiger partial charge is 0.337 e. The van der Waals surface area contributed by atoms with Crippen LogP contribution in [-0.4, -0.2) is 35.4 Å². The van der Waals surface area contributed by atoms with E-state index in [1.807, 2.05) is 24.3 Å². The lowest BCUT2D eigenvalue weighted by Gasteiger charge is -2.42. The number of benzene rings is 1. The molecule has 0 saturated carbocycles. The summed E-state index contributed by atoms with van der Waals surface area (Å²) in [4.78, 5) is 29.8. The largest absolute Gasteiger partial charge is 0.467 e. The van der Waals surface area contributed by atoms with Crippen molar-refractivity contribution in [2.45, 2.75) is 32.2 Å². The molecule has 1 amide bonds. The van der Waals surface area contributed by atoms with Gasteiger partial charge in [0.25, 0.3) is 0 Å². The third-order valence-corrected chi connectivity index (χ3v) is 4.61. The number of nitrogens with zero attached hydrogens (tertiary/aromatic N) is 1. The topological polar surface area (TPSA) is 62.4 Å². The van der Waals surface area contributed by atoms with Gasteiger partial charge in [0.05, 0.1) is 12.8 Å². The standard InChI is InChI=1S/C17H20N2O3/c1-4-14(20)19-10-9-12-11-7-5-6-8-13(11)18-15(12)17(19,2)16(21)22-3/h5-8,18H,4,9-10H2,1-3H3. The van der Waals surface area contributed by atoms with Gasteiger partial charge < -0.3 is 14.6 Å². The van der Waals surface area contributed by atoms with E-state index in [0.717, 1.165) is 28.6 Å². The number of aromatic amines is 1. The first kappa shape index (κ1) is 14.6. The molecule has 3 rings (SSSR count). The molecule has 0 saturated heterocycles. The molecule has 22 heavy (non-hydrogen) atoms. The number of carbonyl (C=O) groups is 2. The average Bonchev–Trinajstić information content (AvgIpc) is 2.93. The number of rotatable bonds is 2. The molecule has 5 nitrogen and oxygen atoms in total. The van der Waals surface area contributed by atoms with Gasteiger partial charge in [0.15, 0.2) is 5.54 Å². The van der Waals surface area contributed by atoms with E-state index in [1.54, 1.807) is 18.7 Å². The number of H-pyrrole nitrogens is 1. The van der Waals surface area contributed by atoms with Crippen LogP contribution in [0.4, 0.5) is 0 Å². The van der Waals surface area contributed by atoms with Gasteiger partial charge in [0, 0.05) is 23.9 Å². The molecule has 0 spiro atoms. The highest BCUT2D eigenvalue weighted by molar-refractivity contribution is 5.93. The van der Waals surface area contributed by atoms with Crippen molar-refractivity contribution in [3.05, 3.63) is 35.5 Å². The third kappa shape index (κ3) is 1.85. The first-order chi connectivity index (χ1) is 10.5. The van der Waals surface area contributed by atoms with Crippen molar-refractivity contribution in [1.29, 1.82) is 0 Å². The van der Waals surface area contributed by atoms with E-state index in [4.69, 9.17) is 4.74 Å². The Bertz CT molecular complexity index is 749. The van der Waals surface area contributed by atoms with Crippen LogP contribution in [0.15, 0.2) is 24.3 Å². The zero-order chi connectivity index (χ0) is 15.9. The van der Waals surface area contributed by atoms with Crippen LogP contribution < -0.4 is 0 Å². The van der Waals surface area contributed by atoms with E-state index in [1.165, 1.54) is 7.11 Å². The Morgan fingerprint density at radius 2 is 2.09 bits per heavy atom. The van der Waals surface area contributed by atoms with Gasteiger partial charge in [0.2, 0.25) is 5.91 Å². The molecule has 116 valence electrons. The van der Waals surface area contributed by atoms with Gasteiger partial charge in [-0.2, -0.15) is 0 Å². The van der Waals surface area contributed by atoms with Crippen molar-refractivity contribution in [3.8, 4) is 0 Å². The normalized spacial score (nSPS) is 20.8. The van der Waals surface area contributed by atoms with E-state index in [2.05, 4.69) is 4.98 Å². The number of esters is 1. The molecule has 0 fully saturated rings. The zero-order valence-corrected chi connectivity index (χ0v) is 13.1. The van der Waals surface area contributed by atoms with Crippen molar-refractivity contribution in [3.63, 3.8) is 0 Å². The third-order valence-electron chi connectivity index (χ3n) is 4.61. The fraction of sp³-hybridized carbons (Fsp3) is 0.412. The molecular weight excluding hydrogens is 280 g/mol. The molecular formula is C17H20N2O3. The van der Waals surface area contributed by atoms with Gasteiger partial charge >= 0.3 is 5.97 Å². The van der Waals surface area contributed by atoms with Crippen LogP contribution in [0.2, 0.25) is 0 Å². The van der Waals surface area contributed by atoms with E-state index in [0.29, 0.717) is 13.0 Å². The monoisotopic (exact) mass is 300 g/mol. The second-order valence-electron chi connectivity index (χ2n) is 5.74. The van der Waals surface area contributed by atoms with Crippen LogP contribution >= 0.6 is 0 Å². The molecule has 1 aromatic heterocycles. The van der Waals surface area contributed by atoms with E-state index >= 15 is 0 Å². The molecule has 5 heteroatoms. The number of nitrogens with one attached hydrogen (secondary N) is 1. The fourth-order valence-corrected chi connectivity index (χ4v) is 3.43. The molecule has 1 unspecified atom stereocenters. The lowest BCUT2D eigenvalue weighted by molar-refractivity contribution is -0.163. The number of carbonyl (C=O) groups excluding carboxylic acids is 2. The summed E-state index contributed by atoms with van der Waals surface area (Å²) in [5, 5.41) is 1.11. The van der Waals surface area contributed by atoms with Crippen molar-refractivity contribution < 1.29 is 14.3 Å². The second kappa shape index (κ2) is 5.16. The summed E-state index contributed by atoms with van der Waals surface area (Å²) >= 11 is 0. The molecule has 1 N–H and O–H groups in total. The lowest BCUT2D eigenvalue weighted by Crippen LogP contribution is -2.56. The van der Waals surface area contributed by atoms with Crippen LogP contribution in [0.5, 0.6) is 0 Å². The Morgan fingerprint density at radius 3 is 2.77 bits per heavy atom. The molecule has 1 aromatic carbocycles. The Balaban J connectivity index is 2.25. The number of fused-ring (bicyclic) bond motifs is 3. The van der Waals surface area contributed by atoms with Crippen LogP contribution in [0.3, 0.4) is 0 Å². The number of aromatic nitrogens is 1. The minimum atomic E-state index is -1.10. The van der Waals surface area contributed by atoms with Crippen LogP contribution in [0.1, 0.15) is 31.5 Å². The molecule has 0 bridgehead atoms. The molecule has 0 aliphatic carbocycles. The first-order valence-corrected chi connectivity index (χ1v) is 7.53. The summed E-state index contributed by atoms with van der Waals surface area (Å²) in [6.07, 6.45) is 1.10. The maximum Gasteiger partial charge on any atom is 0.337 e. The number of para-hydroxylation sites is 1. The van der Waals surface area contributed by atoms with Gasteiger partial charge in [-0.1, -0.05) is 25.1 Å². The molecule has 0 radical (unpaired) electrons. The minimum absolute atomic E-state index is 0.0443. The number of methoxy groups -OCH3 is 1. The summed E-state index contributed by atoms with van der Waals surface area (Å²) in [7, 11) is 1.36. The number of amides is 1. The average molecular weight is 300 g/mol. The molecule has 1 atom stereocenters. The Morgan fingerprint density at radius 1 is 1.36 bits per heavy atom. The molecule has 1 aliphatic rings. The number of hydrogen-bond acceptors (Lipinski definition) is 3. The summed E-state index contributed by atoms with van der Waals surface area (Å²) in [5.74, 6) is -0.459. The van der Waals surface area contributed by atoms with Crippen LogP contribution in [0.25, 0.3) is 10.9 Å². The maximum atomic E-state index is 12.5. The van der Waals surface area contributed by atoms with Gasteiger partial charge in [-0.05, 0) is 25.0 Å². The van der Waals surface area contributed by atoms with E-state index in [9.17, 15) is 9.59 Å². The van der Waals surface area contributed by atoms with Crippen molar-refractivity contribution in [1.82, 2.24) is 9.88 Å². The highest BCUT2D eigenvalue weighted by atomic mass is 16.5. The Kier molecular flexibility index (Phi) is 3.43. The van der Waals surface area contributed by atoms with Gasteiger partial charge in [0.1, 0.15) is 0 Å². The predicted molar refractivity (Wildman–Crippen MR) is 83.4 cm³/mol. The SMILES string of the molecule is CCC(=O)N1CCc2c([nH]c3ccccc23)C1(C)C(=O)OC. The van der Waals surface area contributed by atoms with Crippen LogP contribution in [0, 0.1) is 0 Å². The van der Waals surface area contributed by atoms with Crippen molar-refractivity contribution in [2.75, 3.05) is 13.7 Å². The van der Waals surface area contributed by atoms with Gasteiger partial charge in [-0.15, -0.1) is 0 Å². The maximum absolute atomic E-state index is 12.5. The Labute approximate surface area is 129 Å². The quantitative estimate of drug-likeness (QED) is 0.866. The van der Waals surface area contributed by atoms with E-state index in [-0.39, 0.29) is 5.91 Å². The zero-order valence-electron chi connectivity index (χ0n) is 13.1. The molecule has 2 aromatic rings. The summed E-state index contributed by atoms with van der Waals surface area (Å²) in [6, 6.07) is 7.96. The summed E-state index contributed by atoms with van der Waals surface area (Å²) < 4.78 is 5.02. The summed E-state index contributed by atoms with van der Waals surface area (Å²) in [6.45, 7) is 4.09. The highest BCUT2D eigenvalue weighted by Gasteiger charge is 2.49. The van der Waals surface area contributed by atoms with Crippen molar-refractivity contribution in [2.24, 2.45) is 0 Å². The van der Waals surface area contributed by atoms with Crippen molar-refractivity contribution >= 4 is 22.8 Å². The molecule has 1 aliphatic heterocycles. The number of hydrogen-bond donors (Lipinski definition) is 1. The second-order valence-corrected chi connectivity index (χ2v) is 5.74. The summed E-state index contributed by atoms with van der Waals surface area (Å²) in [5.41, 5.74) is 1.75. The number of ether oxygens (including phenoxy) is 1. The van der Waals surface area contributed by atoms with E-state index < -0.39 is 11.5 Å². The minimum Gasteiger partial charge on any atom is -0.467 e. The lowest BCUT2D eigenvalue weighted by atomic mass is 9.86. The molecule has 2 heterocycles. The van der Waals surface area contributed by atoms with Gasteiger partial charge in [-0.25, -0.2) is 4.79 Å². The predicted octanol–water partition coefficient (Wildman–Crippen LogP) is 2.35. The van der Waals surface area contributed by atoms with Crippen LogP contribution in [-0.2, 0) is 26.3 Å². The van der Waals surface area contributed by atoms with Gasteiger partial charge in [-0.3, -0.25) is 4.79 Å². The first-order valence-electron chi connectivity index (χ1n) is 7.53. The fourth-order valence-electron chi connectivity index (χ4n) is 3.43.